The van der Waals surface area contributed by atoms with Crippen LogP contribution >= 0.6 is 11.3 Å². The molecule has 0 unspecified atom stereocenters. The first-order chi connectivity index (χ1) is 12.3. The van der Waals surface area contributed by atoms with Gasteiger partial charge in [-0.15, -0.1) is 11.3 Å². The highest BCUT2D eigenvalue weighted by molar-refractivity contribution is 7.14. The first-order valence-electron chi connectivity index (χ1n) is 7.65. The molecule has 2 aromatic carbocycles. The van der Waals surface area contributed by atoms with Gasteiger partial charge in [-0.2, -0.15) is 5.10 Å². The molecular formula is C18H16N4O2S. The quantitative estimate of drug-likeness (QED) is 0.555. The third kappa shape index (κ3) is 2.89. The number of hydrogen-bond donors (Lipinski definition) is 2. The minimum atomic E-state index is 0.759. The van der Waals surface area contributed by atoms with E-state index in [4.69, 9.17) is 14.5 Å². The molecule has 0 radical (unpaired) electrons. The van der Waals surface area contributed by atoms with Crippen molar-refractivity contribution >= 4 is 33.1 Å². The fraction of sp³-hybridized carbons (Fsp3) is 0.111. The zero-order valence-electron chi connectivity index (χ0n) is 13.7. The molecular weight excluding hydrogens is 336 g/mol. The number of anilines is 2. The lowest BCUT2D eigenvalue weighted by Crippen LogP contribution is -1.92. The molecule has 0 bridgehead atoms. The van der Waals surface area contributed by atoms with Crippen LogP contribution < -0.4 is 14.8 Å². The summed E-state index contributed by atoms with van der Waals surface area (Å²) in [6.45, 7) is 0. The molecule has 0 aliphatic carbocycles. The Morgan fingerprint density at radius 1 is 1.12 bits per heavy atom. The molecule has 0 amide bonds. The van der Waals surface area contributed by atoms with E-state index in [1.54, 1.807) is 20.4 Å². The number of thiazole rings is 1. The molecule has 2 N–H and O–H groups in total. The minimum absolute atomic E-state index is 0.759. The van der Waals surface area contributed by atoms with Crippen molar-refractivity contribution in [2.24, 2.45) is 0 Å². The molecule has 2 heterocycles. The molecule has 6 nitrogen and oxygen atoms in total. The summed E-state index contributed by atoms with van der Waals surface area (Å²) in [5.74, 6) is 1.52. The first-order valence-corrected chi connectivity index (χ1v) is 8.53. The summed E-state index contributed by atoms with van der Waals surface area (Å²) in [5.41, 5.74) is 3.68. The number of ether oxygens (including phenoxy) is 2. The normalized spacial score (nSPS) is 10.8. The Labute approximate surface area is 148 Å². The molecule has 0 saturated heterocycles. The molecule has 0 aliphatic rings. The van der Waals surface area contributed by atoms with Gasteiger partial charge in [0.15, 0.2) is 5.13 Å². The van der Waals surface area contributed by atoms with Crippen LogP contribution in [-0.2, 0) is 0 Å². The predicted molar refractivity (Wildman–Crippen MR) is 100 cm³/mol. The van der Waals surface area contributed by atoms with E-state index in [-0.39, 0.29) is 0 Å². The summed E-state index contributed by atoms with van der Waals surface area (Å²) in [5, 5.41) is 14.2. The van der Waals surface area contributed by atoms with Crippen LogP contribution in [0.25, 0.3) is 22.2 Å². The van der Waals surface area contributed by atoms with Gasteiger partial charge in [-0.25, -0.2) is 4.98 Å². The molecule has 0 atom stereocenters. The van der Waals surface area contributed by atoms with Gasteiger partial charge in [0.2, 0.25) is 0 Å². The lowest BCUT2D eigenvalue weighted by Gasteiger charge is -2.08. The maximum absolute atomic E-state index is 5.45. The highest BCUT2D eigenvalue weighted by Gasteiger charge is 2.12. The lowest BCUT2D eigenvalue weighted by atomic mass is 10.1. The van der Waals surface area contributed by atoms with E-state index < -0.39 is 0 Å². The van der Waals surface area contributed by atoms with Crippen molar-refractivity contribution in [3.8, 4) is 22.8 Å². The van der Waals surface area contributed by atoms with Crippen molar-refractivity contribution < 1.29 is 9.47 Å². The van der Waals surface area contributed by atoms with Crippen molar-refractivity contribution in [3.63, 3.8) is 0 Å². The monoisotopic (exact) mass is 352 g/mol. The zero-order valence-corrected chi connectivity index (χ0v) is 14.6. The Morgan fingerprint density at radius 2 is 2.04 bits per heavy atom. The Hall–Kier alpha value is -3.06. The van der Waals surface area contributed by atoms with Crippen LogP contribution in [0.1, 0.15) is 0 Å². The standard InChI is InChI=1S/C18H16N4O2S/c1-23-11-6-7-17(24-2)12(8-11)16-10-25-18(21-16)20-14-4-3-5-15-13(14)9-19-22-15/h3-10H,1-2H3,(H,19,22)(H,20,21). The topological polar surface area (TPSA) is 72.1 Å². The Morgan fingerprint density at radius 3 is 2.88 bits per heavy atom. The van der Waals surface area contributed by atoms with Crippen LogP contribution in [0.3, 0.4) is 0 Å². The molecule has 0 spiro atoms. The van der Waals surface area contributed by atoms with Gasteiger partial charge in [-0.05, 0) is 30.3 Å². The van der Waals surface area contributed by atoms with Gasteiger partial charge in [0.05, 0.1) is 37.3 Å². The number of rotatable bonds is 5. The summed E-state index contributed by atoms with van der Waals surface area (Å²) in [6.07, 6.45) is 1.80. The number of nitrogens with zero attached hydrogens (tertiary/aromatic N) is 2. The second kappa shape index (κ2) is 6.45. The second-order valence-corrected chi connectivity index (χ2v) is 6.22. The van der Waals surface area contributed by atoms with Gasteiger partial charge in [-0.3, -0.25) is 5.10 Å². The number of aromatic nitrogens is 3. The van der Waals surface area contributed by atoms with Crippen LogP contribution in [0.15, 0.2) is 48.0 Å². The third-order valence-corrected chi connectivity index (χ3v) is 4.67. The number of fused-ring (bicyclic) bond motifs is 1. The van der Waals surface area contributed by atoms with Gasteiger partial charge in [-0.1, -0.05) is 6.07 Å². The van der Waals surface area contributed by atoms with E-state index in [0.717, 1.165) is 44.5 Å². The predicted octanol–water partition coefficient (Wildman–Crippen LogP) is 4.45. The fourth-order valence-corrected chi connectivity index (χ4v) is 3.38. The van der Waals surface area contributed by atoms with E-state index in [1.165, 1.54) is 11.3 Å². The summed E-state index contributed by atoms with van der Waals surface area (Å²) < 4.78 is 10.8. The fourth-order valence-electron chi connectivity index (χ4n) is 2.66. The molecule has 0 aliphatic heterocycles. The molecule has 25 heavy (non-hydrogen) atoms. The van der Waals surface area contributed by atoms with Crippen molar-refractivity contribution in [1.29, 1.82) is 0 Å². The van der Waals surface area contributed by atoms with Crippen LogP contribution in [0.4, 0.5) is 10.8 Å². The summed E-state index contributed by atoms with van der Waals surface area (Å²) in [7, 11) is 3.29. The number of aromatic amines is 1. The molecule has 0 fully saturated rings. The highest BCUT2D eigenvalue weighted by atomic mass is 32.1. The van der Waals surface area contributed by atoms with E-state index >= 15 is 0 Å². The van der Waals surface area contributed by atoms with Gasteiger partial charge in [0.1, 0.15) is 11.5 Å². The number of benzene rings is 2. The third-order valence-electron chi connectivity index (χ3n) is 3.91. The lowest BCUT2D eigenvalue weighted by molar-refractivity contribution is 0.404. The molecule has 4 aromatic rings. The van der Waals surface area contributed by atoms with E-state index in [9.17, 15) is 0 Å². The number of hydrogen-bond acceptors (Lipinski definition) is 6. The van der Waals surface area contributed by atoms with Crippen molar-refractivity contribution in [2.45, 2.75) is 0 Å². The van der Waals surface area contributed by atoms with Crippen LogP contribution in [0.5, 0.6) is 11.5 Å². The Balaban J connectivity index is 1.68. The summed E-state index contributed by atoms with van der Waals surface area (Å²) >= 11 is 1.53. The first kappa shape index (κ1) is 15.5. The van der Waals surface area contributed by atoms with Crippen LogP contribution in [-0.4, -0.2) is 29.4 Å². The van der Waals surface area contributed by atoms with Crippen LogP contribution in [0, 0.1) is 0 Å². The Bertz CT molecular complexity index is 1020. The van der Waals surface area contributed by atoms with Gasteiger partial charge in [0, 0.05) is 16.3 Å². The van der Waals surface area contributed by atoms with E-state index in [2.05, 4.69) is 15.5 Å². The van der Waals surface area contributed by atoms with Crippen LogP contribution in [0.2, 0.25) is 0 Å². The maximum Gasteiger partial charge on any atom is 0.187 e. The minimum Gasteiger partial charge on any atom is -0.497 e. The number of nitrogens with one attached hydrogen (secondary N) is 2. The highest BCUT2D eigenvalue weighted by Crippen LogP contribution is 2.36. The molecule has 4 rings (SSSR count). The van der Waals surface area contributed by atoms with E-state index in [1.807, 2.05) is 41.8 Å². The molecule has 7 heteroatoms. The smallest absolute Gasteiger partial charge is 0.187 e. The summed E-state index contributed by atoms with van der Waals surface area (Å²) in [6, 6.07) is 11.6. The zero-order chi connectivity index (χ0) is 17.2. The average Bonchev–Trinajstić information content (AvgIpc) is 3.31. The largest absolute Gasteiger partial charge is 0.497 e. The molecule has 0 saturated carbocycles. The SMILES string of the molecule is COc1ccc(OC)c(-c2csc(Nc3cccc4[nH]ncc34)n2)c1. The molecule has 126 valence electrons. The van der Waals surface area contributed by atoms with Crippen molar-refractivity contribution in [2.75, 3.05) is 19.5 Å². The Kier molecular flexibility index (Phi) is 3.99. The summed E-state index contributed by atoms with van der Waals surface area (Å²) in [4.78, 5) is 4.69. The van der Waals surface area contributed by atoms with Crippen molar-refractivity contribution in [1.82, 2.24) is 15.2 Å². The average molecular weight is 352 g/mol. The van der Waals surface area contributed by atoms with Gasteiger partial charge in [0.25, 0.3) is 0 Å². The van der Waals surface area contributed by atoms with Crippen molar-refractivity contribution in [3.05, 3.63) is 48.0 Å². The van der Waals surface area contributed by atoms with E-state index in [0.29, 0.717) is 0 Å². The second-order valence-electron chi connectivity index (χ2n) is 5.37. The maximum atomic E-state index is 5.45. The number of methoxy groups -OCH3 is 2. The van der Waals surface area contributed by atoms with Gasteiger partial charge < -0.3 is 14.8 Å². The molecule has 2 aromatic heterocycles. The number of H-pyrrole nitrogens is 1. The van der Waals surface area contributed by atoms with Gasteiger partial charge >= 0.3 is 0 Å².